The minimum Gasteiger partial charge on any atom is -0.353 e. The summed E-state index contributed by atoms with van der Waals surface area (Å²) in [5, 5.41) is 0. The zero-order valence-electron chi connectivity index (χ0n) is 11.9. The molecule has 1 aliphatic heterocycles. The third kappa shape index (κ3) is 3.29. The Bertz CT molecular complexity index is 598. The number of hydrogen-bond acceptors (Lipinski definition) is 6. The monoisotopic (exact) mass is 348 g/mol. The zero-order chi connectivity index (χ0) is 14.7. The van der Waals surface area contributed by atoms with E-state index in [1.807, 2.05) is 12.1 Å². The minimum absolute atomic E-state index is 0.801. The highest BCUT2D eigenvalue weighted by Gasteiger charge is 2.20. The standard InChI is InChI=1S/C14H17BrN6/c1-2-12-18-11(15)10-13(19-12)20-6-8-21(9-7-20)14-16-4-3-5-17-14/h3-5,10H,2,6-9H2,1H3. The van der Waals surface area contributed by atoms with Crippen LogP contribution in [0.1, 0.15) is 12.7 Å². The van der Waals surface area contributed by atoms with Crippen molar-refractivity contribution in [3.05, 3.63) is 35.0 Å². The van der Waals surface area contributed by atoms with Crippen molar-refractivity contribution in [2.24, 2.45) is 0 Å². The van der Waals surface area contributed by atoms with Crippen molar-refractivity contribution in [2.45, 2.75) is 13.3 Å². The molecule has 2 aromatic rings. The third-order valence-corrected chi connectivity index (χ3v) is 3.89. The van der Waals surface area contributed by atoms with Gasteiger partial charge in [0.1, 0.15) is 16.2 Å². The predicted molar refractivity (Wildman–Crippen MR) is 85.6 cm³/mol. The van der Waals surface area contributed by atoms with Gasteiger partial charge in [0.25, 0.3) is 0 Å². The molecule has 7 heteroatoms. The van der Waals surface area contributed by atoms with Gasteiger partial charge in [0.15, 0.2) is 0 Å². The van der Waals surface area contributed by atoms with Gasteiger partial charge < -0.3 is 9.80 Å². The molecule has 0 amide bonds. The number of hydrogen-bond donors (Lipinski definition) is 0. The maximum Gasteiger partial charge on any atom is 0.225 e. The summed E-state index contributed by atoms with van der Waals surface area (Å²) in [6.45, 7) is 5.67. The van der Waals surface area contributed by atoms with Crippen molar-refractivity contribution in [1.82, 2.24) is 19.9 Å². The van der Waals surface area contributed by atoms with Gasteiger partial charge in [-0.25, -0.2) is 19.9 Å². The largest absolute Gasteiger partial charge is 0.353 e. The highest BCUT2D eigenvalue weighted by Crippen LogP contribution is 2.19. The van der Waals surface area contributed by atoms with Crippen molar-refractivity contribution in [3.8, 4) is 0 Å². The first kappa shape index (κ1) is 14.2. The summed E-state index contributed by atoms with van der Waals surface area (Å²) < 4.78 is 0.846. The molecule has 0 spiro atoms. The number of halogens is 1. The first-order valence-corrected chi connectivity index (χ1v) is 7.86. The second kappa shape index (κ2) is 6.34. The average Bonchev–Trinajstić information content (AvgIpc) is 2.55. The lowest BCUT2D eigenvalue weighted by Crippen LogP contribution is -2.47. The average molecular weight is 349 g/mol. The van der Waals surface area contributed by atoms with Crippen LogP contribution in [0, 0.1) is 0 Å². The summed E-state index contributed by atoms with van der Waals surface area (Å²) in [6.07, 6.45) is 4.40. The Balaban J connectivity index is 1.70. The van der Waals surface area contributed by atoms with E-state index >= 15 is 0 Å². The van der Waals surface area contributed by atoms with Gasteiger partial charge in [-0.15, -0.1) is 0 Å². The van der Waals surface area contributed by atoms with E-state index in [4.69, 9.17) is 0 Å². The number of aromatic nitrogens is 4. The maximum absolute atomic E-state index is 4.61. The van der Waals surface area contributed by atoms with Crippen LogP contribution in [0.3, 0.4) is 0 Å². The van der Waals surface area contributed by atoms with E-state index in [9.17, 15) is 0 Å². The molecule has 0 atom stereocenters. The smallest absolute Gasteiger partial charge is 0.225 e. The van der Waals surface area contributed by atoms with Gasteiger partial charge in [-0.05, 0) is 22.0 Å². The molecular formula is C14H17BrN6. The molecule has 6 nitrogen and oxygen atoms in total. The van der Waals surface area contributed by atoms with Crippen LogP contribution in [0.4, 0.5) is 11.8 Å². The topological polar surface area (TPSA) is 58.0 Å². The van der Waals surface area contributed by atoms with Gasteiger partial charge in [0, 0.05) is 51.1 Å². The Morgan fingerprint density at radius 1 is 1.05 bits per heavy atom. The number of piperazine rings is 1. The van der Waals surface area contributed by atoms with Crippen LogP contribution in [0.2, 0.25) is 0 Å². The summed E-state index contributed by atoms with van der Waals surface area (Å²) >= 11 is 3.46. The molecule has 2 aromatic heterocycles. The molecule has 0 unspecified atom stereocenters. The van der Waals surface area contributed by atoms with Crippen molar-refractivity contribution in [1.29, 1.82) is 0 Å². The quantitative estimate of drug-likeness (QED) is 0.789. The van der Waals surface area contributed by atoms with Crippen LogP contribution in [-0.2, 0) is 6.42 Å². The van der Waals surface area contributed by atoms with E-state index in [-0.39, 0.29) is 0 Å². The van der Waals surface area contributed by atoms with E-state index in [2.05, 4.69) is 52.6 Å². The van der Waals surface area contributed by atoms with Gasteiger partial charge in [0.2, 0.25) is 5.95 Å². The van der Waals surface area contributed by atoms with E-state index in [1.165, 1.54) is 0 Å². The molecule has 1 fully saturated rings. The van der Waals surface area contributed by atoms with Crippen molar-refractivity contribution in [2.75, 3.05) is 36.0 Å². The molecular weight excluding hydrogens is 332 g/mol. The summed E-state index contributed by atoms with van der Waals surface area (Å²) in [6, 6.07) is 3.82. The Labute approximate surface area is 132 Å². The number of anilines is 2. The molecule has 0 saturated carbocycles. The number of rotatable bonds is 3. The fourth-order valence-electron chi connectivity index (χ4n) is 2.36. The first-order chi connectivity index (χ1) is 10.3. The molecule has 0 aliphatic carbocycles. The van der Waals surface area contributed by atoms with Crippen molar-refractivity contribution < 1.29 is 0 Å². The second-order valence-electron chi connectivity index (χ2n) is 4.84. The molecule has 0 aromatic carbocycles. The zero-order valence-corrected chi connectivity index (χ0v) is 13.5. The summed E-state index contributed by atoms with van der Waals surface area (Å²) in [4.78, 5) is 22.1. The molecule has 21 heavy (non-hydrogen) atoms. The van der Waals surface area contributed by atoms with Crippen molar-refractivity contribution in [3.63, 3.8) is 0 Å². The first-order valence-electron chi connectivity index (χ1n) is 7.06. The van der Waals surface area contributed by atoms with E-state index in [0.29, 0.717) is 0 Å². The van der Waals surface area contributed by atoms with E-state index in [1.54, 1.807) is 12.4 Å². The Kier molecular flexibility index (Phi) is 4.28. The third-order valence-electron chi connectivity index (χ3n) is 3.48. The normalized spacial score (nSPS) is 15.3. The van der Waals surface area contributed by atoms with Gasteiger partial charge in [-0.1, -0.05) is 6.92 Å². The maximum atomic E-state index is 4.61. The van der Waals surface area contributed by atoms with Gasteiger partial charge >= 0.3 is 0 Å². The molecule has 1 aliphatic rings. The molecule has 0 N–H and O–H groups in total. The SMILES string of the molecule is CCc1nc(Br)cc(N2CCN(c3ncccn3)CC2)n1. The summed E-state index contributed by atoms with van der Waals surface area (Å²) in [5.74, 6) is 2.66. The Morgan fingerprint density at radius 3 is 2.38 bits per heavy atom. The Hall–Kier alpha value is -1.76. The fourth-order valence-corrected chi connectivity index (χ4v) is 2.77. The van der Waals surface area contributed by atoms with E-state index < -0.39 is 0 Å². The summed E-state index contributed by atoms with van der Waals surface area (Å²) in [7, 11) is 0. The van der Waals surface area contributed by atoms with Gasteiger partial charge in [0.05, 0.1) is 0 Å². The molecule has 3 heterocycles. The number of nitrogens with zero attached hydrogens (tertiary/aromatic N) is 6. The van der Waals surface area contributed by atoms with Gasteiger partial charge in [-0.3, -0.25) is 0 Å². The van der Waals surface area contributed by atoms with Crippen LogP contribution in [0.15, 0.2) is 29.1 Å². The molecule has 110 valence electrons. The van der Waals surface area contributed by atoms with Crippen LogP contribution >= 0.6 is 15.9 Å². The Morgan fingerprint density at radius 2 is 1.71 bits per heavy atom. The molecule has 1 saturated heterocycles. The van der Waals surface area contributed by atoms with Crippen LogP contribution in [0.5, 0.6) is 0 Å². The molecule has 3 rings (SSSR count). The predicted octanol–water partition coefficient (Wildman–Crippen LogP) is 1.92. The molecule has 0 radical (unpaired) electrons. The molecule has 0 bridgehead atoms. The van der Waals surface area contributed by atoms with Crippen molar-refractivity contribution >= 4 is 27.7 Å². The number of aryl methyl sites for hydroxylation is 1. The van der Waals surface area contributed by atoms with Crippen LogP contribution < -0.4 is 9.80 Å². The summed E-state index contributed by atoms with van der Waals surface area (Å²) in [5.41, 5.74) is 0. The van der Waals surface area contributed by atoms with Gasteiger partial charge in [-0.2, -0.15) is 0 Å². The second-order valence-corrected chi connectivity index (χ2v) is 5.65. The fraction of sp³-hybridized carbons (Fsp3) is 0.429. The highest BCUT2D eigenvalue weighted by molar-refractivity contribution is 9.10. The lowest BCUT2D eigenvalue weighted by atomic mass is 10.3. The van der Waals surface area contributed by atoms with E-state index in [0.717, 1.165) is 54.8 Å². The lowest BCUT2D eigenvalue weighted by molar-refractivity contribution is 0.632. The highest BCUT2D eigenvalue weighted by atomic mass is 79.9. The van der Waals surface area contributed by atoms with Crippen LogP contribution in [-0.4, -0.2) is 46.1 Å². The lowest BCUT2D eigenvalue weighted by Gasteiger charge is -2.35. The minimum atomic E-state index is 0.801. The van der Waals surface area contributed by atoms with Crippen LogP contribution in [0.25, 0.3) is 0 Å².